The first-order chi connectivity index (χ1) is 8.41. The first kappa shape index (κ1) is 14.5. The van der Waals surface area contributed by atoms with Crippen molar-refractivity contribution >= 4 is 15.7 Å². The fraction of sp³-hybridized carbons (Fsp3) is 0.300. The van der Waals surface area contributed by atoms with E-state index in [1.807, 2.05) is 0 Å². The zero-order chi connectivity index (χ0) is 13.8. The van der Waals surface area contributed by atoms with E-state index in [1.165, 1.54) is 12.1 Å². The van der Waals surface area contributed by atoms with Crippen LogP contribution in [0.25, 0.3) is 0 Å². The highest BCUT2D eigenvalue weighted by atomic mass is 32.2. The van der Waals surface area contributed by atoms with Crippen molar-refractivity contribution < 1.29 is 27.1 Å². The standard InChI is InChI=1S/C10H11F2NO4S/c11-10(12)18(16,17)8-4-2-1-3-7(8)9(15)13-5-6-14/h1-4,10,14H,5-6H2,(H,13,15). The zero-order valence-electron chi connectivity index (χ0n) is 9.14. The number of hydrogen-bond donors (Lipinski definition) is 2. The Kier molecular flexibility index (Phi) is 4.74. The third-order valence-corrected chi connectivity index (χ3v) is 3.51. The number of nitrogens with one attached hydrogen (secondary N) is 1. The number of sulfone groups is 1. The van der Waals surface area contributed by atoms with Gasteiger partial charge >= 0.3 is 5.76 Å². The van der Waals surface area contributed by atoms with Gasteiger partial charge in [0.15, 0.2) is 0 Å². The summed E-state index contributed by atoms with van der Waals surface area (Å²) >= 11 is 0. The Hall–Kier alpha value is -1.54. The predicted octanol–water partition coefficient (Wildman–Crippen LogP) is 0.405. The lowest BCUT2D eigenvalue weighted by atomic mass is 10.2. The zero-order valence-corrected chi connectivity index (χ0v) is 9.95. The van der Waals surface area contributed by atoms with Gasteiger partial charge in [-0.3, -0.25) is 4.79 Å². The van der Waals surface area contributed by atoms with Crippen LogP contribution in [0.15, 0.2) is 29.2 Å². The van der Waals surface area contributed by atoms with E-state index in [0.29, 0.717) is 0 Å². The van der Waals surface area contributed by atoms with E-state index in [-0.39, 0.29) is 18.7 Å². The van der Waals surface area contributed by atoms with Crippen molar-refractivity contribution in [3.63, 3.8) is 0 Å². The van der Waals surface area contributed by atoms with Gasteiger partial charge in [-0.2, -0.15) is 8.78 Å². The number of hydrogen-bond acceptors (Lipinski definition) is 4. The summed E-state index contributed by atoms with van der Waals surface area (Å²) in [6.07, 6.45) is 0. The lowest BCUT2D eigenvalue weighted by Gasteiger charge is -2.09. The molecule has 0 aliphatic heterocycles. The number of benzene rings is 1. The van der Waals surface area contributed by atoms with Gasteiger partial charge in [-0.25, -0.2) is 8.42 Å². The largest absolute Gasteiger partial charge is 0.395 e. The van der Waals surface area contributed by atoms with Crippen molar-refractivity contribution in [2.75, 3.05) is 13.2 Å². The second kappa shape index (κ2) is 5.87. The Morgan fingerprint density at radius 1 is 1.33 bits per heavy atom. The maximum absolute atomic E-state index is 12.4. The average molecular weight is 279 g/mol. The fourth-order valence-corrected chi connectivity index (χ4v) is 2.19. The number of alkyl halides is 2. The highest BCUT2D eigenvalue weighted by Gasteiger charge is 2.30. The number of halogens is 2. The number of carbonyl (C=O) groups is 1. The topological polar surface area (TPSA) is 83.5 Å². The highest BCUT2D eigenvalue weighted by molar-refractivity contribution is 7.91. The molecule has 8 heteroatoms. The summed E-state index contributed by atoms with van der Waals surface area (Å²) in [5.74, 6) is -4.42. The predicted molar refractivity (Wildman–Crippen MR) is 59.1 cm³/mol. The molecule has 0 aliphatic rings. The van der Waals surface area contributed by atoms with E-state index in [0.717, 1.165) is 12.1 Å². The second-order valence-corrected chi connectivity index (χ2v) is 5.17. The van der Waals surface area contributed by atoms with Gasteiger partial charge in [0.05, 0.1) is 17.1 Å². The van der Waals surface area contributed by atoms with Crippen LogP contribution in [0.5, 0.6) is 0 Å². The molecule has 18 heavy (non-hydrogen) atoms. The van der Waals surface area contributed by atoms with Crippen LogP contribution in [-0.2, 0) is 9.84 Å². The van der Waals surface area contributed by atoms with Crippen LogP contribution in [-0.4, -0.2) is 38.3 Å². The molecule has 0 aromatic heterocycles. The average Bonchev–Trinajstić information content (AvgIpc) is 2.35. The molecule has 1 aromatic rings. The first-order valence-electron chi connectivity index (χ1n) is 4.91. The van der Waals surface area contributed by atoms with E-state index < -0.39 is 26.4 Å². The molecular weight excluding hydrogens is 268 g/mol. The van der Waals surface area contributed by atoms with Gasteiger partial charge in [-0.1, -0.05) is 12.1 Å². The van der Waals surface area contributed by atoms with Gasteiger partial charge in [-0.15, -0.1) is 0 Å². The summed E-state index contributed by atoms with van der Waals surface area (Å²) in [6, 6.07) is 4.67. The molecule has 0 bridgehead atoms. The summed E-state index contributed by atoms with van der Waals surface area (Å²) in [5.41, 5.74) is -0.369. The van der Waals surface area contributed by atoms with Gasteiger partial charge in [0.25, 0.3) is 5.91 Å². The van der Waals surface area contributed by atoms with Gasteiger partial charge < -0.3 is 10.4 Å². The normalized spacial score (nSPS) is 11.6. The van der Waals surface area contributed by atoms with E-state index in [1.54, 1.807) is 0 Å². The molecule has 0 aliphatic carbocycles. The quantitative estimate of drug-likeness (QED) is 0.817. The van der Waals surface area contributed by atoms with Gasteiger partial charge in [0.2, 0.25) is 9.84 Å². The molecule has 5 nitrogen and oxygen atoms in total. The summed E-state index contributed by atoms with van der Waals surface area (Å²) in [7, 11) is -4.83. The molecule has 0 unspecified atom stereocenters. The highest BCUT2D eigenvalue weighted by Crippen LogP contribution is 2.22. The van der Waals surface area contributed by atoms with E-state index in [9.17, 15) is 22.0 Å². The van der Waals surface area contributed by atoms with Crippen LogP contribution in [0.1, 0.15) is 10.4 Å². The monoisotopic (exact) mass is 279 g/mol. The van der Waals surface area contributed by atoms with Crippen LogP contribution in [0.2, 0.25) is 0 Å². The van der Waals surface area contributed by atoms with E-state index >= 15 is 0 Å². The summed E-state index contributed by atoms with van der Waals surface area (Å²) in [6.45, 7) is -0.433. The minimum Gasteiger partial charge on any atom is -0.395 e. The lowest BCUT2D eigenvalue weighted by molar-refractivity contribution is 0.0941. The fourth-order valence-electron chi connectivity index (χ4n) is 1.26. The number of aliphatic hydroxyl groups excluding tert-OH is 1. The molecule has 1 amide bonds. The molecule has 0 spiro atoms. The van der Waals surface area contributed by atoms with Crippen molar-refractivity contribution in [1.82, 2.24) is 5.32 Å². The maximum Gasteiger partial charge on any atom is 0.341 e. The third-order valence-electron chi connectivity index (χ3n) is 2.07. The Balaban J connectivity index is 3.19. The van der Waals surface area contributed by atoms with Crippen molar-refractivity contribution in [2.45, 2.75) is 10.7 Å². The van der Waals surface area contributed by atoms with E-state index in [2.05, 4.69) is 5.32 Å². The number of rotatable bonds is 5. The molecule has 1 rings (SSSR count). The molecule has 2 N–H and O–H groups in total. The van der Waals surface area contributed by atoms with Gasteiger partial charge in [0, 0.05) is 6.54 Å². The molecular formula is C10H11F2NO4S. The summed E-state index contributed by atoms with van der Waals surface area (Å²) in [4.78, 5) is 10.8. The summed E-state index contributed by atoms with van der Waals surface area (Å²) < 4.78 is 47.6. The Bertz CT molecular complexity index is 530. The first-order valence-corrected chi connectivity index (χ1v) is 6.46. The minimum atomic E-state index is -4.83. The van der Waals surface area contributed by atoms with Gasteiger partial charge in [-0.05, 0) is 12.1 Å². The van der Waals surface area contributed by atoms with Crippen molar-refractivity contribution in [3.8, 4) is 0 Å². The lowest BCUT2D eigenvalue weighted by Crippen LogP contribution is -2.28. The smallest absolute Gasteiger partial charge is 0.341 e. The van der Waals surface area contributed by atoms with Crippen LogP contribution in [0.3, 0.4) is 0 Å². The summed E-state index contributed by atoms with van der Waals surface area (Å²) in [5, 5.41) is 10.7. The number of carbonyl (C=O) groups excluding carboxylic acids is 1. The van der Waals surface area contributed by atoms with Crippen LogP contribution < -0.4 is 5.32 Å². The molecule has 0 saturated carbocycles. The Morgan fingerprint density at radius 2 is 1.94 bits per heavy atom. The van der Waals surface area contributed by atoms with Crippen LogP contribution in [0.4, 0.5) is 8.78 Å². The maximum atomic E-state index is 12.4. The van der Waals surface area contributed by atoms with Crippen molar-refractivity contribution in [1.29, 1.82) is 0 Å². The second-order valence-electron chi connectivity index (χ2n) is 3.28. The molecule has 100 valence electrons. The SMILES string of the molecule is O=C(NCCO)c1ccccc1S(=O)(=O)C(F)F. The minimum absolute atomic E-state index is 0.0953. The molecule has 0 atom stereocenters. The Labute approximate surface area is 102 Å². The molecule has 0 heterocycles. The molecule has 0 saturated heterocycles. The van der Waals surface area contributed by atoms with Crippen molar-refractivity contribution in [2.24, 2.45) is 0 Å². The number of amides is 1. The molecule has 1 aromatic carbocycles. The number of aliphatic hydroxyl groups is 1. The molecule has 0 radical (unpaired) electrons. The van der Waals surface area contributed by atoms with E-state index in [4.69, 9.17) is 5.11 Å². The van der Waals surface area contributed by atoms with Crippen molar-refractivity contribution in [3.05, 3.63) is 29.8 Å². The van der Waals surface area contributed by atoms with Gasteiger partial charge in [0.1, 0.15) is 0 Å². The van der Waals surface area contributed by atoms with Crippen LogP contribution >= 0.6 is 0 Å². The third kappa shape index (κ3) is 3.02. The molecule has 0 fully saturated rings. The Morgan fingerprint density at radius 3 is 2.50 bits per heavy atom. The van der Waals surface area contributed by atoms with Crippen LogP contribution in [0, 0.1) is 0 Å².